The zero-order valence-electron chi connectivity index (χ0n) is 12.2. The lowest BCUT2D eigenvalue weighted by molar-refractivity contribution is 0.350. The van der Waals surface area contributed by atoms with Crippen LogP contribution in [0.25, 0.3) is 11.0 Å². The van der Waals surface area contributed by atoms with Gasteiger partial charge in [-0.3, -0.25) is 0 Å². The molecule has 2 saturated carbocycles. The molecule has 20 heavy (non-hydrogen) atoms. The number of hydrogen-bond acceptors (Lipinski definition) is 2. The molecule has 2 nitrogen and oxygen atoms in total. The maximum Gasteiger partial charge on any atom is 0.134 e. The second kappa shape index (κ2) is 4.92. The largest absolute Gasteiger partial charge is 0.461 e. The summed E-state index contributed by atoms with van der Waals surface area (Å²) in [7, 11) is 0. The van der Waals surface area contributed by atoms with Crippen molar-refractivity contribution in [3.63, 3.8) is 0 Å². The van der Waals surface area contributed by atoms with E-state index < -0.39 is 0 Å². The molecule has 1 N–H and O–H groups in total. The minimum absolute atomic E-state index is 0.743. The van der Waals surface area contributed by atoms with Gasteiger partial charge in [-0.1, -0.05) is 31.5 Å². The summed E-state index contributed by atoms with van der Waals surface area (Å²) in [6.07, 6.45) is 6.74. The highest BCUT2D eigenvalue weighted by atomic mass is 16.3. The van der Waals surface area contributed by atoms with Crippen LogP contribution in [0.15, 0.2) is 28.7 Å². The predicted octanol–water partition coefficient (Wildman–Crippen LogP) is 4.27. The van der Waals surface area contributed by atoms with Crippen molar-refractivity contribution in [2.75, 3.05) is 0 Å². The molecule has 0 aliphatic heterocycles. The molecule has 3 atom stereocenters. The van der Waals surface area contributed by atoms with Gasteiger partial charge in [0.25, 0.3) is 0 Å². The topological polar surface area (TPSA) is 25.2 Å². The maximum atomic E-state index is 5.99. The molecule has 0 spiro atoms. The van der Waals surface area contributed by atoms with E-state index in [4.69, 9.17) is 4.42 Å². The number of rotatable bonds is 4. The van der Waals surface area contributed by atoms with Crippen LogP contribution < -0.4 is 5.32 Å². The van der Waals surface area contributed by atoms with Gasteiger partial charge in [0.1, 0.15) is 11.3 Å². The summed E-state index contributed by atoms with van der Waals surface area (Å²) in [4.78, 5) is 0. The van der Waals surface area contributed by atoms with Gasteiger partial charge in [-0.2, -0.15) is 0 Å². The smallest absolute Gasteiger partial charge is 0.134 e. The maximum absolute atomic E-state index is 5.99. The molecule has 2 aliphatic carbocycles. The van der Waals surface area contributed by atoms with E-state index >= 15 is 0 Å². The van der Waals surface area contributed by atoms with Gasteiger partial charge in [-0.05, 0) is 37.2 Å². The van der Waals surface area contributed by atoms with Crippen LogP contribution in [-0.2, 0) is 13.0 Å². The Bertz CT molecular complexity index is 615. The molecule has 3 unspecified atom stereocenters. The summed E-state index contributed by atoms with van der Waals surface area (Å²) in [6, 6.07) is 9.18. The highest BCUT2D eigenvalue weighted by Gasteiger charge is 2.39. The molecule has 4 rings (SSSR count). The highest BCUT2D eigenvalue weighted by molar-refractivity contribution is 5.82. The number of nitrogens with one attached hydrogen (secondary N) is 1. The average Bonchev–Trinajstić information content (AvgIpc) is 3.18. The summed E-state index contributed by atoms with van der Waals surface area (Å²) >= 11 is 0. The number of hydrogen-bond donors (Lipinski definition) is 1. The van der Waals surface area contributed by atoms with Crippen molar-refractivity contribution in [2.24, 2.45) is 11.8 Å². The standard InChI is InChI=1S/C18H23NO/c1-2-17-15(14-5-3-4-6-18(14)20-17)11-19-16-10-12-7-8-13(16)9-12/h3-6,12-13,16,19H,2,7-11H2,1H3. The molecule has 0 saturated heterocycles. The van der Waals surface area contributed by atoms with Crippen molar-refractivity contribution in [3.8, 4) is 0 Å². The van der Waals surface area contributed by atoms with Gasteiger partial charge in [0.15, 0.2) is 0 Å². The van der Waals surface area contributed by atoms with Crippen molar-refractivity contribution in [1.29, 1.82) is 0 Å². The third-order valence-electron chi connectivity index (χ3n) is 5.38. The first-order valence-electron chi connectivity index (χ1n) is 8.07. The molecule has 2 fully saturated rings. The summed E-state index contributed by atoms with van der Waals surface area (Å²) in [5.74, 6) is 3.09. The zero-order valence-corrected chi connectivity index (χ0v) is 12.2. The summed E-state index contributed by atoms with van der Waals surface area (Å²) in [5.41, 5.74) is 2.42. The predicted molar refractivity (Wildman–Crippen MR) is 81.7 cm³/mol. The van der Waals surface area contributed by atoms with Gasteiger partial charge in [-0.15, -0.1) is 0 Å². The number of benzene rings is 1. The van der Waals surface area contributed by atoms with Crippen LogP contribution in [0.2, 0.25) is 0 Å². The molecule has 106 valence electrons. The first-order valence-corrected chi connectivity index (χ1v) is 8.07. The lowest BCUT2D eigenvalue weighted by Crippen LogP contribution is -2.33. The van der Waals surface area contributed by atoms with Gasteiger partial charge in [0.2, 0.25) is 0 Å². The Labute approximate surface area is 120 Å². The summed E-state index contributed by atoms with van der Waals surface area (Å²) in [5, 5.41) is 5.11. The van der Waals surface area contributed by atoms with E-state index in [1.165, 1.54) is 36.6 Å². The Morgan fingerprint density at radius 1 is 1.20 bits per heavy atom. The Morgan fingerprint density at radius 2 is 2.10 bits per heavy atom. The van der Waals surface area contributed by atoms with Gasteiger partial charge in [-0.25, -0.2) is 0 Å². The van der Waals surface area contributed by atoms with Gasteiger partial charge < -0.3 is 9.73 Å². The molecule has 2 aromatic rings. The van der Waals surface area contributed by atoms with E-state index in [0.717, 1.165) is 42.2 Å². The van der Waals surface area contributed by atoms with E-state index in [9.17, 15) is 0 Å². The SMILES string of the molecule is CCc1oc2ccccc2c1CNC1CC2CCC1C2. The summed E-state index contributed by atoms with van der Waals surface area (Å²) < 4.78 is 5.99. The second-order valence-electron chi connectivity index (χ2n) is 6.52. The molecule has 0 amide bonds. The average molecular weight is 269 g/mol. The first-order chi connectivity index (χ1) is 9.85. The Balaban J connectivity index is 1.56. The number of aryl methyl sites for hydroxylation is 1. The summed E-state index contributed by atoms with van der Waals surface area (Å²) in [6.45, 7) is 3.15. The van der Waals surface area contributed by atoms with Crippen LogP contribution in [0.4, 0.5) is 0 Å². The number of fused-ring (bicyclic) bond motifs is 3. The van der Waals surface area contributed by atoms with Crippen LogP contribution in [0, 0.1) is 11.8 Å². The molecule has 2 aliphatic rings. The molecule has 2 bridgehead atoms. The van der Waals surface area contributed by atoms with Crippen molar-refractivity contribution in [3.05, 3.63) is 35.6 Å². The zero-order chi connectivity index (χ0) is 13.5. The Morgan fingerprint density at radius 3 is 2.85 bits per heavy atom. The van der Waals surface area contributed by atoms with E-state index in [2.05, 4.69) is 36.5 Å². The minimum Gasteiger partial charge on any atom is -0.461 e. The van der Waals surface area contributed by atoms with Crippen LogP contribution in [-0.4, -0.2) is 6.04 Å². The minimum atomic E-state index is 0.743. The normalized spacial score (nSPS) is 28.6. The highest BCUT2D eigenvalue weighted by Crippen LogP contribution is 2.44. The van der Waals surface area contributed by atoms with E-state index in [-0.39, 0.29) is 0 Å². The molecule has 2 heteroatoms. The fourth-order valence-corrected chi connectivity index (χ4v) is 4.36. The molecule has 1 aromatic carbocycles. The van der Waals surface area contributed by atoms with Crippen LogP contribution in [0.1, 0.15) is 43.9 Å². The van der Waals surface area contributed by atoms with Gasteiger partial charge >= 0.3 is 0 Å². The monoisotopic (exact) mass is 269 g/mol. The van der Waals surface area contributed by atoms with E-state index in [1.807, 2.05) is 0 Å². The van der Waals surface area contributed by atoms with Crippen molar-refractivity contribution >= 4 is 11.0 Å². The fourth-order valence-electron chi connectivity index (χ4n) is 4.36. The Kier molecular flexibility index (Phi) is 3.07. The van der Waals surface area contributed by atoms with E-state index in [1.54, 1.807) is 0 Å². The molecular weight excluding hydrogens is 246 g/mol. The second-order valence-corrected chi connectivity index (χ2v) is 6.52. The lowest BCUT2D eigenvalue weighted by atomic mass is 9.95. The number of furan rings is 1. The van der Waals surface area contributed by atoms with Crippen molar-refractivity contribution in [2.45, 2.75) is 51.6 Å². The van der Waals surface area contributed by atoms with Gasteiger partial charge in [0.05, 0.1) is 0 Å². The lowest BCUT2D eigenvalue weighted by Gasteiger charge is -2.23. The van der Waals surface area contributed by atoms with Crippen LogP contribution >= 0.6 is 0 Å². The quantitative estimate of drug-likeness (QED) is 0.896. The van der Waals surface area contributed by atoms with Crippen LogP contribution in [0.5, 0.6) is 0 Å². The third kappa shape index (κ3) is 1.98. The molecule has 1 heterocycles. The van der Waals surface area contributed by atoms with Crippen molar-refractivity contribution in [1.82, 2.24) is 5.32 Å². The van der Waals surface area contributed by atoms with E-state index in [0.29, 0.717) is 0 Å². The van der Waals surface area contributed by atoms with Crippen LogP contribution in [0.3, 0.4) is 0 Å². The van der Waals surface area contributed by atoms with Gasteiger partial charge in [0, 0.05) is 30.0 Å². The first kappa shape index (κ1) is 12.5. The van der Waals surface area contributed by atoms with Crippen molar-refractivity contribution < 1.29 is 4.42 Å². The molecule has 1 aromatic heterocycles. The molecule has 0 radical (unpaired) electrons. The fraction of sp³-hybridized carbons (Fsp3) is 0.556. The number of para-hydroxylation sites is 1. The molecular formula is C18H23NO. The Hall–Kier alpha value is -1.28. The third-order valence-corrected chi connectivity index (χ3v) is 5.38.